The van der Waals surface area contributed by atoms with E-state index in [9.17, 15) is 9.59 Å². The number of methoxy groups -OCH3 is 1. The van der Waals surface area contributed by atoms with Gasteiger partial charge in [-0.05, 0) is 44.1 Å². The molecule has 29 heavy (non-hydrogen) atoms. The molecule has 0 aromatic carbocycles. The minimum absolute atomic E-state index is 0.0135. The van der Waals surface area contributed by atoms with Crippen LogP contribution in [0.3, 0.4) is 0 Å². The van der Waals surface area contributed by atoms with Gasteiger partial charge in [0.15, 0.2) is 0 Å². The van der Waals surface area contributed by atoms with Crippen LogP contribution >= 0.6 is 11.3 Å². The number of aromatic amines is 1. The minimum atomic E-state index is -0.103. The molecule has 0 spiro atoms. The zero-order valence-electron chi connectivity index (χ0n) is 17.1. The second-order valence-electron chi connectivity index (χ2n) is 7.12. The average molecular weight is 426 g/mol. The Morgan fingerprint density at radius 3 is 2.48 bits per heavy atom. The van der Waals surface area contributed by atoms with Crippen molar-refractivity contribution in [3.8, 4) is 5.88 Å². The molecule has 3 N–H and O–H groups in total. The first kappa shape index (κ1) is 23.3. The highest BCUT2D eigenvalue weighted by Gasteiger charge is 2.18. The van der Waals surface area contributed by atoms with Crippen LogP contribution in [0.25, 0.3) is 10.3 Å². The zero-order valence-corrected chi connectivity index (χ0v) is 17.9. The van der Waals surface area contributed by atoms with E-state index in [1.807, 2.05) is 12.1 Å². The molecule has 2 aliphatic carbocycles. The number of pyridine rings is 1. The van der Waals surface area contributed by atoms with E-state index in [1.165, 1.54) is 45.4 Å². The maximum absolute atomic E-state index is 11.1. The van der Waals surface area contributed by atoms with Gasteiger partial charge in [0.2, 0.25) is 11.8 Å². The van der Waals surface area contributed by atoms with Gasteiger partial charge in [0.1, 0.15) is 4.83 Å². The summed E-state index contributed by atoms with van der Waals surface area (Å²) in [7, 11) is 1.78. The van der Waals surface area contributed by atoms with E-state index in [2.05, 4.69) is 15.3 Å². The highest BCUT2D eigenvalue weighted by molar-refractivity contribution is 7.15. The number of ether oxygens (including phenoxy) is 2. The number of hydrogen-bond acceptors (Lipinski definition) is 7. The van der Waals surface area contributed by atoms with Crippen molar-refractivity contribution in [2.24, 2.45) is 5.92 Å². The molecule has 2 saturated carbocycles. The number of amides is 1. The molecule has 9 heteroatoms. The van der Waals surface area contributed by atoms with E-state index >= 15 is 0 Å². The highest BCUT2D eigenvalue weighted by Crippen LogP contribution is 2.27. The van der Waals surface area contributed by atoms with E-state index < -0.39 is 0 Å². The Bertz CT molecular complexity index is 796. The Balaban J connectivity index is 0.000000192. The van der Waals surface area contributed by atoms with Crippen LogP contribution in [0.15, 0.2) is 16.9 Å². The van der Waals surface area contributed by atoms with Gasteiger partial charge in [-0.2, -0.15) is 0 Å². The van der Waals surface area contributed by atoms with Crippen molar-refractivity contribution < 1.29 is 19.4 Å². The van der Waals surface area contributed by atoms with Gasteiger partial charge in [0, 0.05) is 26.6 Å². The van der Waals surface area contributed by atoms with Crippen LogP contribution in [0.5, 0.6) is 5.88 Å². The Kier molecular flexibility index (Phi) is 10.1. The largest absolute Gasteiger partial charge is 0.477 e. The Labute approximate surface area is 174 Å². The molecule has 0 radical (unpaired) electrons. The van der Waals surface area contributed by atoms with Crippen LogP contribution < -0.4 is 14.9 Å². The first-order chi connectivity index (χ1) is 14.0. The summed E-state index contributed by atoms with van der Waals surface area (Å²) >= 11 is 1.12. The van der Waals surface area contributed by atoms with Crippen molar-refractivity contribution in [1.29, 1.82) is 0 Å². The lowest BCUT2D eigenvalue weighted by Crippen LogP contribution is -2.22. The van der Waals surface area contributed by atoms with E-state index in [1.54, 1.807) is 7.11 Å². The second-order valence-corrected chi connectivity index (χ2v) is 8.08. The fourth-order valence-corrected chi connectivity index (χ4v) is 3.30. The van der Waals surface area contributed by atoms with Crippen molar-refractivity contribution in [3.05, 3.63) is 21.8 Å². The van der Waals surface area contributed by atoms with E-state index in [-0.39, 0.29) is 17.4 Å². The fraction of sp³-hybridized carbons (Fsp3) is 0.650. The lowest BCUT2D eigenvalue weighted by Gasteiger charge is -2.24. The van der Waals surface area contributed by atoms with Gasteiger partial charge in [-0.1, -0.05) is 17.8 Å². The molecular formula is C20H31N3O5S. The molecular weight excluding hydrogens is 394 g/mol. The van der Waals surface area contributed by atoms with Gasteiger partial charge in [-0.3, -0.25) is 9.59 Å². The molecule has 2 aliphatic rings. The third-order valence-corrected chi connectivity index (χ3v) is 5.62. The first-order valence-corrected chi connectivity index (χ1v) is 10.8. The Hall–Kier alpha value is -1.97. The number of carbonyl (C=O) groups is 1. The molecule has 0 aliphatic heterocycles. The lowest BCUT2D eigenvalue weighted by molar-refractivity contribution is -0.119. The van der Waals surface area contributed by atoms with Gasteiger partial charge < -0.3 is 24.9 Å². The van der Waals surface area contributed by atoms with Gasteiger partial charge >= 0.3 is 4.87 Å². The number of hydrogen-bond donors (Lipinski definition) is 3. The van der Waals surface area contributed by atoms with Gasteiger partial charge in [0.25, 0.3) is 0 Å². The molecule has 1 amide bonds. The third kappa shape index (κ3) is 8.51. The SMILES string of the molecule is CC(=O)NCCO.COC1CCC1.O=c1[nH]c2ccc(OCC3CCC3)nc2s1. The molecule has 162 valence electrons. The summed E-state index contributed by atoms with van der Waals surface area (Å²) in [4.78, 5) is 28.7. The molecule has 2 heterocycles. The molecule has 2 fully saturated rings. The normalized spacial score (nSPS) is 15.8. The van der Waals surface area contributed by atoms with Gasteiger partial charge in [-0.25, -0.2) is 4.98 Å². The van der Waals surface area contributed by atoms with Crippen molar-refractivity contribution in [2.75, 3.05) is 26.9 Å². The third-order valence-electron chi connectivity index (χ3n) is 4.82. The van der Waals surface area contributed by atoms with Crippen LogP contribution in [-0.2, 0) is 9.53 Å². The van der Waals surface area contributed by atoms with Crippen LogP contribution in [0, 0.1) is 5.92 Å². The van der Waals surface area contributed by atoms with Gasteiger partial charge in [-0.15, -0.1) is 0 Å². The number of rotatable bonds is 6. The predicted octanol–water partition coefficient (Wildman–Crippen LogP) is 2.46. The molecule has 2 aromatic heterocycles. The molecule has 0 unspecified atom stereocenters. The number of fused-ring (bicyclic) bond motifs is 1. The summed E-state index contributed by atoms with van der Waals surface area (Å²) in [5, 5.41) is 10.5. The summed E-state index contributed by atoms with van der Waals surface area (Å²) in [6, 6.07) is 3.65. The molecule has 4 rings (SSSR count). The second kappa shape index (κ2) is 12.6. The number of aliphatic hydroxyl groups excluding tert-OH is 1. The lowest BCUT2D eigenvalue weighted by atomic mass is 9.86. The number of nitrogens with one attached hydrogen (secondary N) is 2. The van der Waals surface area contributed by atoms with Crippen LogP contribution in [0.4, 0.5) is 0 Å². The molecule has 8 nitrogen and oxygen atoms in total. The van der Waals surface area contributed by atoms with Crippen LogP contribution in [0.1, 0.15) is 45.4 Å². The molecule has 0 atom stereocenters. The maximum Gasteiger partial charge on any atom is 0.307 e. The molecule has 0 bridgehead atoms. The first-order valence-electron chi connectivity index (χ1n) is 10.0. The average Bonchev–Trinajstić information content (AvgIpc) is 2.98. The number of aliphatic hydroxyl groups is 1. The van der Waals surface area contributed by atoms with E-state index in [0.717, 1.165) is 28.3 Å². The van der Waals surface area contributed by atoms with Crippen molar-refractivity contribution in [2.45, 2.75) is 51.6 Å². The number of carbonyl (C=O) groups excluding carboxylic acids is 1. The van der Waals surface area contributed by atoms with Crippen LogP contribution in [0.2, 0.25) is 0 Å². The van der Waals surface area contributed by atoms with Crippen molar-refractivity contribution >= 4 is 27.6 Å². The number of H-pyrrole nitrogens is 1. The summed E-state index contributed by atoms with van der Waals surface area (Å²) in [5.74, 6) is 1.21. The number of nitrogens with zero attached hydrogens (tertiary/aromatic N) is 1. The number of aromatic nitrogens is 2. The molecule has 2 aromatic rings. The molecule has 0 saturated heterocycles. The Morgan fingerprint density at radius 2 is 2.03 bits per heavy atom. The highest BCUT2D eigenvalue weighted by atomic mass is 32.1. The van der Waals surface area contributed by atoms with E-state index in [0.29, 0.717) is 24.4 Å². The minimum Gasteiger partial charge on any atom is -0.477 e. The maximum atomic E-state index is 11.1. The standard InChI is InChI=1S/C11H12N2O2S.C5H10O.C4H9NO2/c14-11-12-8-4-5-9(13-10(8)16-11)15-6-7-2-1-3-7;1-6-5-3-2-4-5;1-4(7)5-2-3-6/h4-5,7H,1-3,6H2,(H,12,14);5H,2-4H2,1H3;6H,2-3H2,1H3,(H,5,7). The van der Waals surface area contributed by atoms with Gasteiger partial charge in [0.05, 0.1) is 24.8 Å². The van der Waals surface area contributed by atoms with Crippen molar-refractivity contribution in [1.82, 2.24) is 15.3 Å². The predicted molar refractivity (Wildman–Crippen MR) is 113 cm³/mol. The zero-order chi connectivity index (χ0) is 21.1. The van der Waals surface area contributed by atoms with E-state index in [4.69, 9.17) is 14.6 Å². The van der Waals surface area contributed by atoms with Crippen molar-refractivity contribution in [3.63, 3.8) is 0 Å². The summed E-state index contributed by atoms with van der Waals surface area (Å²) in [5.41, 5.74) is 0.783. The summed E-state index contributed by atoms with van der Waals surface area (Å²) in [6.07, 6.45) is 8.41. The Morgan fingerprint density at radius 1 is 1.31 bits per heavy atom. The fourth-order valence-electron chi connectivity index (χ4n) is 2.60. The quantitative estimate of drug-likeness (QED) is 0.655. The smallest absolute Gasteiger partial charge is 0.307 e. The van der Waals surface area contributed by atoms with Crippen LogP contribution in [-0.4, -0.2) is 54.0 Å². The summed E-state index contributed by atoms with van der Waals surface area (Å²) < 4.78 is 10.6. The monoisotopic (exact) mass is 425 g/mol. The summed E-state index contributed by atoms with van der Waals surface area (Å²) in [6.45, 7) is 2.53. The topological polar surface area (TPSA) is 114 Å². The number of thiazole rings is 1.